The maximum Gasteiger partial charge on any atom is 0.303 e. The van der Waals surface area contributed by atoms with Gasteiger partial charge in [-0.3, -0.25) is 38.4 Å². The molecule has 0 unspecified atom stereocenters. The van der Waals surface area contributed by atoms with Crippen molar-refractivity contribution in [3.8, 4) is 0 Å². The van der Waals surface area contributed by atoms with Gasteiger partial charge in [-0.2, -0.15) is 0 Å². The third-order valence-corrected chi connectivity index (χ3v) is 10.9. The highest BCUT2D eigenvalue weighted by molar-refractivity contribution is 5.90. The summed E-state index contributed by atoms with van der Waals surface area (Å²) in [4.78, 5) is 88.5. The van der Waals surface area contributed by atoms with Gasteiger partial charge in [0.15, 0.2) is 17.3 Å². The molecule has 0 radical (unpaired) electrons. The first-order chi connectivity index (χ1) is 32.8. The van der Waals surface area contributed by atoms with E-state index in [1.165, 1.54) is 6.92 Å². The number of ketones is 7. The number of carboxylic acid groups (broad SMARTS) is 1. The molecule has 15 N–H and O–H groups in total. The van der Waals surface area contributed by atoms with E-state index in [0.717, 1.165) is 45.1 Å². The minimum atomic E-state index is -0.919. The molecule has 0 aliphatic rings. The zero-order valence-electron chi connectivity index (χ0n) is 51.7. The number of rotatable bonds is 23. The van der Waals surface area contributed by atoms with Gasteiger partial charge in [0.05, 0.1) is 36.3 Å². The summed E-state index contributed by atoms with van der Waals surface area (Å²) >= 11 is 0. The van der Waals surface area contributed by atoms with Crippen LogP contribution in [0.15, 0.2) is 0 Å². The number of Topliss-reactive ketones (excluding diaryl/α,β-unsaturated/α-hetero) is 7. The Balaban J connectivity index is -0.000000188. The molecule has 0 rings (SSSR count). The number of hydrogen-bond acceptors (Lipinski definition) is 16. The summed E-state index contributed by atoms with van der Waals surface area (Å²) in [7, 11) is 0. The second-order valence-corrected chi connectivity index (χ2v) is 26.1. The summed E-state index contributed by atoms with van der Waals surface area (Å²) in [6, 6.07) is -2.05. The average Bonchev–Trinajstić information content (AvgIpc) is 3.21. The Hall–Kier alpha value is -3.16. The van der Waals surface area contributed by atoms with Gasteiger partial charge in [-0.05, 0) is 127 Å². The summed E-state index contributed by atoms with van der Waals surface area (Å²) in [5, 5.41) is 15.1. The monoisotopic (exact) mass is 1060 g/mol. The van der Waals surface area contributed by atoms with Gasteiger partial charge in [-0.25, -0.2) is 0 Å². The van der Waals surface area contributed by atoms with Crippen LogP contribution in [0, 0.1) is 27.6 Å². The summed E-state index contributed by atoms with van der Waals surface area (Å²) < 4.78 is 0. The molecule has 0 aromatic rings. The lowest BCUT2D eigenvalue weighted by molar-refractivity contribution is -0.137. The van der Waals surface area contributed by atoms with Crippen LogP contribution >= 0.6 is 0 Å². The summed E-state index contributed by atoms with van der Waals surface area (Å²) in [5.74, 6) is -0.0979. The van der Waals surface area contributed by atoms with E-state index >= 15 is 0 Å². The molecule has 17 heteroatoms. The molecule has 0 saturated carbocycles. The van der Waals surface area contributed by atoms with Crippen LogP contribution in [0.2, 0.25) is 0 Å². The number of carbonyl (C=O) groups excluding carboxylic acids is 7. The maximum atomic E-state index is 11.5. The largest absolute Gasteiger partial charge is 0.481 e. The molecule has 0 saturated heterocycles. The van der Waals surface area contributed by atoms with Crippen molar-refractivity contribution < 1.29 is 43.5 Å². The van der Waals surface area contributed by atoms with Crippen molar-refractivity contribution in [3.63, 3.8) is 0 Å². The van der Waals surface area contributed by atoms with E-state index in [4.69, 9.17) is 39.5 Å². The van der Waals surface area contributed by atoms with E-state index in [1.54, 1.807) is 41.5 Å². The van der Waals surface area contributed by atoms with E-state index in [9.17, 15) is 38.4 Å². The molecule has 0 aromatic carbocycles. The van der Waals surface area contributed by atoms with Crippen LogP contribution in [0.1, 0.15) is 230 Å². The van der Waals surface area contributed by atoms with Crippen LogP contribution in [-0.2, 0) is 38.4 Å². The van der Waals surface area contributed by atoms with Crippen LogP contribution in [0.5, 0.6) is 0 Å². The molecule has 440 valence electrons. The van der Waals surface area contributed by atoms with E-state index in [0.29, 0.717) is 19.4 Å². The Kier molecular flexibility index (Phi) is 43.6. The molecule has 0 spiro atoms. The quantitative estimate of drug-likeness (QED) is 0.0446. The van der Waals surface area contributed by atoms with Crippen molar-refractivity contribution in [1.29, 1.82) is 0 Å². The van der Waals surface area contributed by atoms with Crippen molar-refractivity contribution in [2.75, 3.05) is 13.1 Å². The molecular formula is C57H118N8O9. The zero-order chi connectivity index (χ0) is 60.6. The average molecular weight is 1060 g/mol. The molecule has 17 nitrogen and oxygen atoms in total. The minimum absolute atomic E-state index is 0.000941. The van der Waals surface area contributed by atoms with Crippen LogP contribution < -0.4 is 45.0 Å². The number of nitrogens with one attached hydrogen (secondary N) is 2. The fourth-order valence-corrected chi connectivity index (χ4v) is 5.87. The summed E-state index contributed by atoms with van der Waals surface area (Å²) in [6.45, 7) is 46.9. The highest BCUT2D eigenvalue weighted by atomic mass is 16.4. The summed E-state index contributed by atoms with van der Waals surface area (Å²) in [6.07, 6.45) is 6.83. The Morgan fingerprint density at radius 1 is 0.459 bits per heavy atom. The van der Waals surface area contributed by atoms with Gasteiger partial charge in [0, 0.05) is 45.6 Å². The lowest BCUT2D eigenvalue weighted by atomic mass is 9.83. The third-order valence-electron chi connectivity index (χ3n) is 10.9. The van der Waals surface area contributed by atoms with Gasteiger partial charge in [0.25, 0.3) is 0 Å². The predicted octanol–water partition coefficient (Wildman–Crippen LogP) is 7.55. The van der Waals surface area contributed by atoms with Gasteiger partial charge < -0.3 is 50.1 Å². The van der Waals surface area contributed by atoms with Crippen LogP contribution in [-0.4, -0.2) is 112 Å². The molecule has 0 heterocycles. The molecule has 74 heavy (non-hydrogen) atoms. The fourth-order valence-electron chi connectivity index (χ4n) is 5.87. The van der Waals surface area contributed by atoms with Gasteiger partial charge in [-0.1, -0.05) is 110 Å². The van der Waals surface area contributed by atoms with Gasteiger partial charge in [-0.15, -0.1) is 0 Å². The van der Waals surface area contributed by atoms with Crippen molar-refractivity contribution in [1.82, 2.24) is 10.6 Å². The first-order valence-electron chi connectivity index (χ1n) is 26.7. The predicted molar refractivity (Wildman–Crippen MR) is 308 cm³/mol. The zero-order valence-corrected chi connectivity index (χ0v) is 51.7. The van der Waals surface area contributed by atoms with Crippen molar-refractivity contribution in [2.45, 2.75) is 278 Å². The smallest absolute Gasteiger partial charge is 0.303 e. The Morgan fingerprint density at radius 2 is 0.851 bits per heavy atom. The topological polar surface area (TPSA) is 337 Å². The SMILES string of the molecule is CC(=O)[C@@H](N)CCC(=O)C(C)(C)C.CC(=O)[C@@H](N)CCCCNC(C)(C)C.CC(=O)[C@H](CCCCN)NC(C)(C)C.CC(C)(C)C(=O)[C@@H](N)CCC(=O)O.CC(C)[C@H](N)C(=O)C(C)(C)C.C[C@H](N)C(=O)C(C)(C)C. The van der Waals surface area contributed by atoms with E-state index in [1.807, 2.05) is 76.2 Å². The van der Waals surface area contributed by atoms with Gasteiger partial charge >= 0.3 is 5.97 Å². The van der Waals surface area contributed by atoms with Gasteiger partial charge in [0.1, 0.15) is 23.1 Å². The van der Waals surface area contributed by atoms with Crippen LogP contribution in [0.3, 0.4) is 0 Å². The molecule has 6 atom stereocenters. The molecule has 0 aliphatic carbocycles. The standard InChI is InChI=1S/2C11H24N2O.C10H19NO2.C9H17NO3.C9H19NO.C7H15NO/c1-9(14)10(12)7-5-6-8-13-11(2,3)4;1-9(14)10(7-5-6-8-12)13-11(2,3)4;1-7(12)8(11)5-6-9(13)10(2,3)4;1-9(2,3)8(13)6(10)4-5-7(11)12;1-6(2)7(10)8(11)9(3,4)5;1-5(8)6(9)7(2,3)4/h2*10,13H,5-8,12H2,1-4H3;8H,5-6,11H2,1-4H3;6H,4-5,10H2,1-3H3,(H,11,12);6-7H,10H2,1-5H3;5H,8H2,1-4H3/t2*10-;8-;6-;7-;5-/m000000/s1. The summed E-state index contributed by atoms with van der Waals surface area (Å²) in [5.41, 5.74) is 31.9. The lowest BCUT2D eigenvalue weighted by Crippen LogP contribution is -2.47. The number of unbranched alkanes of at least 4 members (excludes halogenated alkanes) is 2. The number of carbonyl (C=O) groups is 8. The van der Waals surface area contributed by atoms with E-state index in [2.05, 4.69) is 52.2 Å². The maximum absolute atomic E-state index is 11.5. The van der Waals surface area contributed by atoms with E-state index < -0.39 is 23.5 Å². The second kappa shape index (κ2) is 39.2. The Bertz CT molecular complexity index is 1620. The van der Waals surface area contributed by atoms with E-state index in [-0.39, 0.29) is 111 Å². The number of carboxylic acids is 1. The Morgan fingerprint density at radius 3 is 1.12 bits per heavy atom. The normalized spacial score (nSPS) is 14.3. The first kappa shape index (κ1) is 82.2. The lowest BCUT2D eigenvalue weighted by Gasteiger charge is -2.27. The first-order valence-corrected chi connectivity index (χ1v) is 26.7. The molecule has 0 bridgehead atoms. The number of hydrogen-bond donors (Lipinski definition) is 9. The molecule has 0 amide bonds. The molecular weight excluding hydrogens is 941 g/mol. The van der Waals surface area contributed by atoms with Crippen molar-refractivity contribution >= 4 is 46.5 Å². The highest BCUT2D eigenvalue weighted by Gasteiger charge is 2.29. The molecule has 0 aromatic heterocycles. The van der Waals surface area contributed by atoms with Crippen LogP contribution in [0.4, 0.5) is 0 Å². The third kappa shape index (κ3) is 52.3. The number of nitrogens with two attached hydrogens (primary N) is 6. The highest BCUT2D eigenvalue weighted by Crippen LogP contribution is 2.20. The Labute approximate surface area is 451 Å². The van der Waals surface area contributed by atoms with Crippen molar-refractivity contribution in [3.05, 3.63) is 0 Å². The molecule has 0 fully saturated rings. The second-order valence-electron chi connectivity index (χ2n) is 26.1. The number of aliphatic carboxylic acids is 1. The molecule has 0 aliphatic heterocycles. The van der Waals surface area contributed by atoms with Crippen molar-refractivity contribution in [2.24, 2.45) is 62.0 Å². The minimum Gasteiger partial charge on any atom is -0.481 e. The van der Waals surface area contributed by atoms with Gasteiger partial charge in [0.2, 0.25) is 0 Å². The van der Waals surface area contributed by atoms with Crippen LogP contribution in [0.25, 0.3) is 0 Å². The fraction of sp³-hybridized carbons (Fsp3) is 0.860.